The van der Waals surface area contributed by atoms with Crippen LogP contribution in [0.25, 0.3) is 0 Å². The van der Waals surface area contributed by atoms with Gasteiger partial charge in [0.05, 0.1) is 0 Å². The summed E-state index contributed by atoms with van der Waals surface area (Å²) in [5, 5.41) is 0. The highest BCUT2D eigenvalue weighted by molar-refractivity contribution is 4.94. The van der Waals surface area contributed by atoms with Gasteiger partial charge in [0, 0.05) is 37.8 Å². The quantitative estimate of drug-likeness (QED) is 0.746. The van der Waals surface area contributed by atoms with Crippen LogP contribution >= 0.6 is 0 Å². The van der Waals surface area contributed by atoms with Gasteiger partial charge in [0.2, 0.25) is 0 Å². The van der Waals surface area contributed by atoms with E-state index in [1.165, 1.54) is 58.3 Å². The van der Waals surface area contributed by atoms with E-state index in [2.05, 4.69) is 16.7 Å². The van der Waals surface area contributed by atoms with Gasteiger partial charge < -0.3 is 5.73 Å². The summed E-state index contributed by atoms with van der Waals surface area (Å²) in [4.78, 5) is 5.40. The molecule has 2 aliphatic heterocycles. The molecule has 0 amide bonds. The molecular weight excluding hydrogens is 210 g/mol. The molecule has 2 heterocycles. The van der Waals surface area contributed by atoms with Gasteiger partial charge in [-0.3, -0.25) is 9.80 Å². The molecule has 1 saturated carbocycles. The number of hydrogen-bond donors (Lipinski definition) is 1. The van der Waals surface area contributed by atoms with Crippen molar-refractivity contribution in [3.63, 3.8) is 0 Å². The monoisotopic (exact) mass is 237 g/mol. The van der Waals surface area contributed by atoms with Gasteiger partial charge in [-0.25, -0.2) is 0 Å². The van der Waals surface area contributed by atoms with Crippen molar-refractivity contribution < 1.29 is 0 Å². The van der Waals surface area contributed by atoms with Gasteiger partial charge in [-0.1, -0.05) is 6.92 Å². The molecule has 0 aromatic heterocycles. The third-order valence-electron chi connectivity index (χ3n) is 5.22. The molecular formula is C14H27N3. The van der Waals surface area contributed by atoms with Gasteiger partial charge >= 0.3 is 0 Å². The molecule has 17 heavy (non-hydrogen) atoms. The van der Waals surface area contributed by atoms with Crippen molar-refractivity contribution in [1.82, 2.24) is 9.80 Å². The maximum Gasteiger partial charge on any atom is 0.0250 e. The van der Waals surface area contributed by atoms with Gasteiger partial charge in [-0.05, 0) is 44.6 Å². The van der Waals surface area contributed by atoms with Crippen molar-refractivity contribution in [2.45, 2.75) is 57.2 Å². The van der Waals surface area contributed by atoms with Crippen molar-refractivity contribution in [1.29, 1.82) is 0 Å². The Balaban J connectivity index is 1.63. The second-order valence-corrected chi connectivity index (χ2v) is 6.48. The van der Waals surface area contributed by atoms with Crippen molar-refractivity contribution in [3.8, 4) is 0 Å². The predicted molar refractivity (Wildman–Crippen MR) is 70.9 cm³/mol. The van der Waals surface area contributed by atoms with Crippen LogP contribution in [0.1, 0.15) is 39.0 Å². The van der Waals surface area contributed by atoms with Crippen molar-refractivity contribution in [2.75, 3.05) is 26.2 Å². The van der Waals surface area contributed by atoms with E-state index in [0.29, 0.717) is 12.1 Å². The van der Waals surface area contributed by atoms with Crippen LogP contribution in [-0.2, 0) is 0 Å². The van der Waals surface area contributed by atoms with Crippen LogP contribution in [0, 0.1) is 5.92 Å². The number of hydrogen-bond acceptors (Lipinski definition) is 3. The van der Waals surface area contributed by atoms with Gasteiger partial charge in [-0.15, -0.1) is 0 Å². The van der Waals surface area contributed by atoms with Crippen LogP contribution < -0.4 is 5.73 Å². The molecule has 3 heteroatoms. The van der Waals surface area contributed by atoms with E-state index in [-0.39, 0.29) is 0 Å². The maximum absolute atomic E-state index is 6.35. The van der Waals surface area contributed by atoms with Crippen LogP contribution in [0.2, 0.25) is 0 Å². The lowest BCUT2D eigenvalue weighted by atomic mass is 9.82. The van der Waals surface area contributed by atoms with Gasteiger partial charge in [0.15, 0.2) is 0 Å². The third-order valence-corrected chi connectivity index (χ3v) is 5.22. The number of fused-ring (bicyclic) bond motifs is 1. The summed E-state index contributed by atoms with van der Waals surface area (Å²) in [6.07, 6.45) is 6.71. The summed E-state index contributed by atoms with van der Waals surface area (Å²) in [5.74, 6) is 0.876. The first-order valence-corrected chi connectivity index (χ1v) is 7.47. The standard InChI is InChI=1S/C14H27N3/c1-11-4-5-13(15)14(9-11)17-8-7-16-6-2-3-12(16)10-17/h11-14H,2-10,15H2,1H3. The zero-order valence-corrected chi connectivity index (χ0v) is 11.1. The summed E-state index contributed by atoms with van der Waals surface area (Å²) in [7, 11) is 0. The van der Waals surface area contributed by atoms with E-state index in [1.54, 1.807) is 0 Å². The molecule has 0 bridgehead atoms. The summed E-state index contributed by atoms with van der Waals surface area (Å²) < 4.78 is 0. The molecule has 0 aromatic rings. The minimum absolute atomic E-state index is 0.430. The van der Waals surface area contributed by atoms with Crippen molar-refractivity contribution in [2.24, 2.45) is 11.7 Å². The molecule has 0 spiro atoms. The lowest BCUT2D eigenvalue weighted by molar-refractivity contribution is 0.0403. The molecule has 1 aliphatic carbocycles. The fourth-order valence-electron chi connectivity index (χ4n) is 4.11. The molecule has 3 rings (SSSR count). The molecule has 98 valence electrons. The second kappa shape index (κ2) is 4.87. The molecule has 0 radical (unpaired) electrons. The summed E-state index contributed by atoms with van der Waals surface area (Å²) in [6.45, 7) is 7.55. The molecule has 4 unspecified atom stereocenters. The second-order valence-electron chi connectivity index (χ2n) is 6.48. The number of nitrogens with zero attached hydrogens (tertiary/aromatic N) is 2. The van der Waals surface area contributed by atoms with Crippen molar-refractivity contribution >= 4 is 0 Å². The van der Waals surface area contributed by atoms with E-state index < -0.39 is 0 Å². The Morgan fingerprint density at radius 2 is 1.82 bits per heavy atom. The van der Waals surface area contributed by atoms with Crippen molar-refractivity contribution in [3.05, 3.63) is 0 Å². The van der Waals surface area contributed by atoms with Crippen LogP contribution in [0.15, 0.2) is 0 Å². The smallest absolute Gasteiger partial charge is 0.0250 e. The Morgan fingerprint density at radius 1 is 1.00 bits per heavy atom. The minimum atomic E-state index is 0.430. The average molecular weight is 237 g/mol. The van der Waals surface area contributed by atoms with Crippen LogP contribution in [-0.4, -0.2) is 54.1 Å². The Morgan fingerprint density at radius 3 is 2.71 bits per heavy atom. The molecule has 3 fully saturated rings. The summed E-state index contributed by atoms with van der Waals surface area (Å²) in [6, 6.07) is 1.94. The molecule has 4 atom stereocenters. The van der Waals surface area contributed by atoms with E-state index in [4.69, 9.17) is 5.73 Å². The Labute approximate surface area is 105 Å². The third kappa shape index (κ3) is 2.38. The Bertz CT molecular complexity index is 268. The average Bonchev–Trinajstić information content (AvgIpc) is 2.79. The predicted octanol–water partition coefficient (Wildman–Crippen LogP) is 1.28. The number of rotatable bonds is 1. The summed E-state index contributed by atoms with van der Waals surface area (Å²) >= 11 is 0. The van der Waals surface area contributed by atoms with E-state index in [9.17, 15) is 0 Å². The van der Waals surface area contributed by atoms with Crippen LogP contribution in [0.3, 0.4) is 0 Å². The Hall–Kier alpha value is -0.120. The topological polar surface area (TPSA) is 32.5 Å². The normalized spacial score (nSPS) is 44.8. The molecule has 3 nitrogen and oxygen atoms in total. The highest BCUT2D eigenvalue weighted by atomic mass is 15.3. The fourth-order valence-corrected chi connectivity index (χ4v) is 4.11. The van der Waals surface area contributed by atoms with Crippen LogP contribution in [0.5, 0.6) is 0 Å². The molecule has 2 N–H and O–H groups in total. The summed E-state index contributed by atoms with van der Waals surface area (Å²) in [5.41, 5.74) is 6.35. The van der Waals surface area contributed by atoms with E-state index in [1.807, 2.05) is 0 Å². The maximum atomic E-state index is 6.35. The number of nitrogens with two attached hydrogens (primary N) is 1. The SMILES string of the molecule is CC1CCC(N)C(N2CCN3CCCC3C2)C1. The van der Waals surface area contributed by atoms with Gasteiger partial charge in [-0.2, -0.15) is 0 Å². The first-order chi connectivity index (χ1) is 8.24. The van der Waals surface area contributed by atoms with Gasteiger partial charge in [0.25, 0.3) is 0 Å². The number of piperazine rings is 1. The van der Waals surface area contributed by atoms with E-state index in [0.717, 1.165) is 12.0 Å². The van der Waals surface area contributed by atoms with Gasteiger partial charge in [0.1, 0.15) is 0 Å². The minimum Gasteiger partial charge on any atom is -0.326 e. The lowest BCUT2D eigenvalue weighted by Crippen LogP contribution is -2.59. The Kier molecular flexibility index (Phi) is 3.42. The highest BCUT2D eigenvalue weighted by Crippen LogP contribution is 2.30. The van der Waals surface area contributed by atoms with Crippen LogP contribution in [0.4, 0.5) is 0 Å². The first kappa shape index (κ1) is 11.9. The highest BCUT2D eigenvalue weighted by Gasteiger charge is 2.37. The zero-order chi connectivity index (χ0) is 11.8. The van der Waals surface area contributed by atoms with E-state index >= 15 is 0 Å². The zero-order valence-electron chi connectivity index (χ0n) is 11.1. The molecule has 2 saturated heterocycles. The largest absolute Gasteiger partial charge is 0.326 e. The first-order valence-electron chi connectivity index (χ1n) is 7.47. The fraction of sp³-hybridized carbons (Fsp3) is 1.00. The lowest BCUT2D eigenvalue weighted by Gasteiger charge is -2.46. The molecule has 3 aliphatic rings. The molecule has 0 aromatic carbocycles.